The molecule has 0 bridgehead atoms. The van der Waals surface area contributed by atoms with Gasteiger partial charge in [-0.1, -0.05) is 0 Å². The lowest BCUT2D eigenvalue weighted by Crippen LogP contribution is -2.09. The first-order valence-corrected chi connectivity index (χ1v) is 5.63. The average Bonchev–Trinajstić information content (AvgIpc) is 2.68. The largest absolute Gasteiger partial charge is 0.491 e. The molecule has 1 heterocycles. The Morgan fingerprint density at radius 1 is 1.35 bits per heavy atom. The van der Waals surface area contributed by atoms with Crippen molar-refractivity contribution in [1.29, 1.82) is 0 Å². The van der Waals surface area contributed by atoms with Crippen LogP contribution in [0.3, 0.4) is 0 Å². The highest BCUT2D eigenvalue weighted by Crippen LogP contribution is 2.20. The summed E-state index contributed by atoms with van der Waals surface area (Å²) in [7, 11) is 0. The molecule has 0 fully saturated rings. The van der Waals surface area contributed by atoms with E-state index in [0.717, 1.165) is 29.4 Å². The van der Waals surface area contributed by atoms with Crippen molar-refractivity contribution in [2.24, 2.45) is 0 Å². The van der Waals surface area contributed by atoms with E-state index in [1.54, 1.807) is 6.20 Å². The molecule has 0 atom stereocenters. The van der Waals surface area contributed by atoms with Crippen molar-refractivity contribution in [1.82, 2.24) is 9.55 Å². The number of nitrogens with zero attached hydrogens (tertiary/aromatic N) is 2. The minimum absolute atomic E-state index is 0.627. The maximum absolute atomic E-state index is 5.72. The Bertz CT molecular complexity index is 505. The van der Waals surface area contributed by atoms with Crippen LogP contribution in [0, 0.1) is 13.8 Å². The summed E-state index contributed by atoms with van der Waals surface area (Å²) in [5.74, 6) is 1.89. The molecule has 2 rings (SSSR count). The van der Waals surface area contributed by atoms with Crippen molar-refractivity contribution in [2.75, 3.05) is 12.3 Å². The van der Waals surface area contributed by atoms with E-state index >= 15 is 0 Å². The van der Waals surface area contributed by atoms with E-state index in [2.05, 4.69) is 9.55 Å². The third-order valence-electron chi connectivity index (χ3n) is 2.71. The first kappa shape index (κ1) is 11.5. The number of ether oxygens (including phenoxy) is 1. The van der Waals surface area contributed by atoms with Crippen LogP contribution in [-0.4, -0.2) is 16.2 Å². The maximum Gasteiger partial charge on any atom is 0.122 e. The van der Waals surface area contributed by atoms with Gasteiger partial charge in [0.25, 0.3) is 0 Å². The van der Waals surface area contributed by atoms with E-state index in [0.29, 0.717) is 6.61 Å². The minimum Gasteiger partial charge on any atom is -0.491 e. The van der Waals surface area contributed by atoms with Crippen molar-refractivity contribution >= 4 is 5.69 Å². The van der Waals surface area contributed by atoms with Crippen molar-refractivity contribution in [3.63, 3.8) is 0 Å². The molecule has 4 nitrogen and oxygen atoms in total. The van der Waals surface area contributed by atoms with Gasteiger partial charge in [0.1, 0.15) is 18.2 Å². The number of hydrogen-bond acceptors (Lipinski definition) is 3. The van der Waals surface area contributed by atoms with Gasteiger partial charge in [0.2, 0.25) is 0 Å². The van der Waals surface area contributed by atoms with Gasteiger partial charge >= 0.3 is 0 Å². The summed E-state index contributed by atoms with van der Waals surface area (Å²) in [6.45, 7) is 5.40. The summed E-state index contributed by atoms with van der Waals surface area (Å²) >= 11 is 0. The lowest BCUT2D eigenvalue weighted by molar-refractivity contribution is 0.295. The van der Waals surface area contributed by atoms with E-state index < -0.39 is 0 Å². The molecule has 0 aliphatic heterocycles. The Balaban J connectivity index is 1.92. The molecule has 0 saturated carbocycles. The minimum atomic E-state index is 0.627. The number of imidazole rings is 1. The topological polar surface area (TPSA) is 53.1 Å². The lowest BCUT2D eigenvalue weighted by Gasteiger charge is -2.10. The summed E-state index contributed by atoms with van der Waals surface area (Å²) < 4.78 is 7.78. The highest BCUT2D eigenvalue weighted by Gasteiger charge is 2.01. The number of nitrogen functional groups attached to an aromatic ring is 1. The standard InChI is InChI=1S/C13H17N3O/c1-10-9-12(14)3-4-13(10)17-8-7-16-6-5-15-11(16)2/h3-6,9H,7-8,14H2,1-2H3. The highest BCUT2D eigenvalue weighted by atomic mass is 16.5. The van der Waals surface area contributed by atoms with Gasteiger partial charge in [-0.25, -0.2) is 4.98 Å². The number of aryl methyl sites for hydroxylation is 2. The fourth-order valence-corrected chi connectivity index (χ4v) is 1.73. The Morgan fingerprint density at radius 3 is 2.82 bits per heavy atom. The predicted molar refractivity (Wildman–Crippen MR) is 68.1 cm³/mol. The molecule has 0 aliphatic rings. The molecule has 1 aromatic carbocycles. The van der Waals surface area contributed by atoms with Gasteiger partial charge in [-0.2, -0.15) is 0 Å². The maximum atomic E-state index is 5.72. The molecule has 0 saturated heterocycles. The van der Waals surface area contributed by atoms with Crippen molar-refractivity contribution in [2.45, 2.75) is 20.4 Å². The smallest absolute Gasteiger partial charge is 0.122 e. The fraction of sp³-hybridized carbons (Fsp3) is 0.308. The number of anilines is 1. The van der Waals surface area contributed by atoms with Gasteiger partial charge in [-0.3, -0.25) is 0 Å². The Labute approximate surface area is 101 Å². The van der Waals surface area contributed by atoms with E-state index in [9.17, 15) is 0 Å². The SMILES string of the molecule is Cc1cc(N)ccc1OCCn1ccnc1C. The van der Waals surface area contributed by atoms with Crippen LogP contribution >= 0.6 is 0 Å². The summed E-state index contributed by atoms with van der Waals surface area (Å²) in [5, 5.41) is 0. The van der Waals surface area contributed by atoms with Crippen LogP contribution in [0.1, 0.15) is 11.4 Å². The summed E-state index contributed by atoms with van der Waals surface area (Å²) in [5.41, 5.74) is 7.51. The zero-order valence-corrected chi connectivity index (χ0v) is 10.2. The molecule has 17 heavy (non-hydrogen) atoms. The van der Waals surface area contributed by atoms with Gasteiger partial charge in [0.05, 0.1) is 6.54 Å². The van der Waals surface area contributed by atoms with E-state index in [4.69, 9.17) is 10.5 Å². The van der Waals surface area contributed by atoms with Crippen LogP contribution in [0.15, 0.2) is 30.6 Å². The van der Waals surface area contributed by atoms with Crippen molar-refractivity contribution < 1.29 is 4.74 Å². The lowest BCUT2D eigenvalue weighted by atomic mass is 10.2. The van der Waals surface area contributed by atoms with Crippen LogP contribution in [0.4, 0.5) is 5.69 Å². The van der Waals surface area contributed by atoms with Gasteiger partial charge < -0.3 is 15.0 Å². The Hall–Kier alpha value is -1.97. The number of aromatic nitrogens is 2. The molecule has 0 radical (unpaired) electrons. The molecule has 0 aliphatic carbocycles. The fourth-order valence-electron chi connectivity index (χ4n) is 1.73. The zero-order valence-electron chi connectivity index (χ0n) is 10.2. The zero-order chi connectivity index (χ0) is 12.3. The van der Waals surface area contributed by atoms with Crippen molar-refractivity contribution in [3.8, 4) is 5.75 Å². The summed E-state index contributed by atoms with van der Waals surface area (Å²) in [6.07, 6.45) is 3.75. The highest BCUT2D eigenvalue weighted by molar-refractivity contribution is 5.47. The molecule has 4 heteroatoms. The molecular weight excluding hydrogens is 214 g/mol. The second-order valence-corrected chi connectivity index (χ2v) is 4.04. The van der Waals surface area contributed by atoms with Crippen LogP contribution in [0.2, 0.25) is 0 Å². The molecule has 1 aromatic heterocycles. The Kier molecular flexibility index (Phi) is 3.32. The molecule has 90 valence electrons. The first-order chi connectivity index (χ1) is 8.16. The molecule has 0 spiro atoms. The first-order valence-electron chi connectivity index (χ1n) is 5.63. The molecule has 0 amide bonds. The van der Waals surface area contributed by atoms with E-state index in [-0.39, 0.29) is 0 Å². The average molecular weight is 231 g/mol. The van der Waals surface area contributed by atoms with Crippen LogP contribution in [-0.2, 0) is 6.54 Å². The molecule has 0 unspecified atom stereocenters. The number of nitrogens with two attached hydrogens (primary N) is 1. The quantitative estimate of drug-likeness (QED) is 0.820. The molecule has 2 N–H and O–H groups in total. The van der Waals surface area contributed by atoms with Crippen LogP contribution in [0.25, 0.3) is 0 Å². The Morgan fingerprint density at radius 2 is 2.18 bits per heavy atom. The molecular formula is C13H17N3O. The third kappa shape index (κ3) is 2.78. The van der Waals surface area contributed by atoms with Gasteiger partial charge in [0, 0.05) is 18.1 Å². The number of benzene rings is 1. The van der Waals surface area contributed by atoms with Gasteiger partial charge in [0.15, 0.2) is 0 Å². The monoisotopic (exact) mass is 231 g/mol. The normalized spacial score (nSPS) is 10.5. The third-order valence-corrected chi connectivity index (χ3v) is 2.71. The van der Waals surface area contributed by atoms with Crippen LogP contribution < -0.4 is 10.5 Å². The second-order valence-electron chi connectivity index (χ2n) is 4.04. The van der Waals surface area contributed by atoms with E-state index in [1.165, 1.54) is 0 Å². The predicted octanol–water partition coefficient (Wildman–Crippen LogP) is 2.16. The van der Waals surface area contributed by atoms with Gasteiger partial charge in [-0.15, -0.1) is 0 Å². The van der Waals surface area contributed by atoms with Crippen molar-refractivity contribution in [3.05, 3.63) is 42.0 Å². The van der Waals surface area contributed by atoms with E-state index in [1.807, 2.05) is 38.2 Å². The summed E-state index contributed by atoms with van der Waals surface area (Å²) in [4.78, 5) is 4.16. The number of rotatable bonds is 4. The summed E-state index contributed by atoms with van der Waals surface area (Å²) in [6, 6.07) is 5.67. The number of hydrogen-bond donors (Lipinski definition) is 1. The van der Waals surface area contributed by atoms with Gasteiger partial charge in [-0.05, 0) is 37.6 Å². The van der Waals surface area contributed by atoms with Crippen LogP contribution in [0.5, 0.6) is 5.75 Å². The molecule has 2 aromatic rings. The second kappa shape index (κ2) is 4.91.